The topological polar surface area (TPSA) is 24.5 Å². The fourth-order valence-electron chi connectivity index (χ4n) is 2.66. The van der Waals surface area contributed by atoms with Crippen LogP contribution in [0, 0.1) is 0 Å². The van der Waals surface area contributed by atoms with Gasteiger partial charge in [0.2, 0.25) is 0 Å². The van der Waals surface area contributed by atoms with E-state index in [1.165, 1.54) is 12.0 Å². The van der Waals surface area contributed by atoms with Crippen molar-refractivity contribution in [3.63, 3.8) is 0 Å². The molecule has 2 rings (SSSR count). The average Bonchev–Trinajstić information content (AvgIpc) is 2.68. The number of hydrogen-bond donors (Lipinski definition) is 1. The molecular weight excluding hydrogens is 224 g/mol. The number of methoxy groups -OCH3 is 1. The maximum absolute atomic E-state index is 5.18. The van der Waals surface area contributed by atoms with Crippen LogP contribution in [-0.4, -0.2) is 37.7 Å². The molecule has 0 aliphatic carbocycles. The number of rotatable bonds is 4. The van der Waals surface area contributed by atoms with E-state index in [1.807, 2.05) is 12.1 Å². The molecule has 0 aromatic heterocycles. The van der Waals surface area contributed by atoms with Gasteiger partial charge in [-0.25, -0.2) is 0 Å². The van der Waals surface area contributed by atoms with Crippen LogP contribution in [0.1, 0.15) is 31.9 Å². The van der Waals surface area contributed by atoms with Crippen molar-refractivity contribution >= 4 is 0 Å². The van der Waals surface area contributed by atoms with Crippen LogP contribution in [0.5, 0.6) is 5.75 Å². The van der Waals surface area contributed by atoms with E-state index < -0.39 is 0 Å². The zero-order chi connectivity index (χ0) is 13.1. The monoisotopic (exact) mass is 248 g/mol. The Labute approximate surface area is 110 Å². The maximum Gasteiger partial charge on any atom is 0.118 e. The molecule has 100 valence electrons. The molecule has 1 N–H and O–H groups in total. The molecule has 1 fully saturated rings. The van der Waals surface area contributed by atoms with Crippen LogP contribution in [0.15, 0.2) is 24.3 Å². The lowest BCUT2D eigenvalue weighted by molar-refractivity contribution is 0.325. The summed E-state index contributed by atoms with van der Waals surface area (Å²) in [5.41, 5.74) is 1.32. The molecule has 1 heterocycles. The Kier molecular flexibility index (Phi) is 4.25. The Morgan fingerprint density at radius 3 is 2.50 bits per heavy atom. The Hall–Kier alpha value is -1.06. The second-order valence-electron chi connectivity index (χ2n) is 5.38. The third-order valence-electron chi connectivity index (χ3n) is 3.99. The van der Waals surface area contributed by atoms with Crippen LogP contribution in [0.25, 0.3) is 0 Å². The highest BCUT2D eigenvalue weighted by Gasteiger charge is 2.26. The van der Waals surface area contributed by atoms with Crippen LogP contribution < -0.4 is 10.1 Å². The van der Waals surface area contributed by atoms with Gasteiger partial charge in [-0.3, -0.25) is 0 Å². The fourth-order valence-corrected chi connectivity index (χ4v) is 2.66. The molecule has 3 atom stereocenters. The summed E-state index contributed by atoms with van der Waals surface area (Å²) in [7, 11) is 3.90. The van der Waals surface area contributed by atoms with E-state index in [1.54, 1.807) is 7.11 Å². The Morgan fingerprint density at radius 2 is 2.00 bits per heavy atom. The van der Waals surface area contributed by atoms with Gasteiger partial charge >= 0.3 is 0 Å². The van der Waals surface area contributed by atoms with Crippen LogP contribution in [0.2, 0.25) is 0 Å². The molecule has 0 saturated carbocycles. The van der Waals surface area contributed by atoms with E-state index in [9.17, 15) is 0 Å². The van der Waals surface area contributed by atoms with Gasteiger partial charge in [-0.05, 0) is 45.0 Å². The highest BCUT2D eigenvalue weighted by Crippen LogP contribution is 2.21. The molecule has 18 heavy (non-hydrogen) atoms. The number of ether oxygens (including phenoxy) is 1. The Bertz CT molecular complexity index is 367. The van der Waals surface area contributed by atoms with E-state index in [0.717, 1.165) is 12.3 Å². The van der Waals surface area contributed by atoms with Gasteiger partial charge in [-0.15, -0.1) is 0 Å². The third-order valence-corrected chi connectivity index (χ3v) is 3.99. The van der Waals surface area contributed by atoms with E-state index in [4.69, 9.17) is 4.74 Å². The molecule has 1 aromatic carbocycles. The summed E-state index contributed by atoms with van der Waals surface area (Å²) in [5.74, 6) is 0.917. The average molecular weight is 248 g/mol. The SMILES string of the molecule is COc1ccc([C@@H](C)NC2CC(C)N(C)C2)cc1. The minimum atomic E-state index is 0.389. The number of hydrogen-bond acceptors (Lipinski definition) is 3. The largest absolute Gasteiger partial charge is 0.497 e. The fraction of sp³-hybridized carbons (Fsp3) is 0.600. The first-order chi connectivity index (χ1) is 8.60. The summed E-state index contributed by atoms with van der Waals surface area (Å²) in [4.78, 5) is 2.42. The molecular formula is C15H24N2O. The molecule has 3 nitrogen and oxygen atoms in total. The highest BCUT2D eigenvalue weighted by atomic mass is 16.5. The van der Waals surface area contributed by atoms with Gasteiger partial charge in [0, 0.05) is 24.7 Å². The Morgan fingerprint density at radius 1 is 1.33 bits per heavy atom. The second kappa shape index (κ2) is 5.72. The normalized spacial score (nSPS) is 26.2. The van der Waals surface area contributed by atoms with Gasteiger partial charge in [0.25, 0.3) is 0 Å². The van der Waals surface area contributed by atoms with Gasteiger partial charge in [-0.1, -0.05) is 12.1 Å². The second-order valence-corrected chi connectivity index (χ2v) is 5.38. The van der Waals surface area contributed by atoms with Crippen molar-refractivity contribution in [1.82, 2.24) is 10.2 Å². The van der Waals surface area contributed by atoms with Gasteiger partial charge < -0.3 is 15.0 Å². The van der Waals surface area contributed by atoms with Gasteiger partial charge in [-0.2, -0.15) is 0 Å². The van der Waals surface area contributed by atoms with Crippen molar-refractivity contribution < 1.29 is 4.74 Å². The number of nitrogens with one attached hydrogen (secondary N) is 1. The first kappa shape index (κ1) is 13.4. The van der Waals surface area contributed by atoms with Gasteiger partial charge in [0.15, 0.2) is 0 Å². The van der Waals surface area contributed by atoms with Crippen molar-refractivity contribution in [2.24, 2.45) is 0 Å². The van der Waals surface area contributed by atoms with E-state index in [-0.39, 0.29) is 0 Å². The summed E-state index contributed by atoms with van der Waals surface area (Å²) >= 11 is 0. The zero-order valence-electron chi connectivity index (χ0n) is 11.8. The van der Waals surface area contributed by atoms with Crippen molar-refractivity contribution in [2.45, 2.75) is 38.4 Å². The first-order valence-electron chi connectivity index (χ1n) is 6.70. The standard InChI is InChI=1S/C15H24N2O/c1-11-9-14(10-17(11)3)16-12(2)13-5-7-15(18-4)8-6-13/h5-8,11-12,14,16H,9-10H2,1-4H3/t11?,12-,14?/m1/s1. The summed E-state index contributed by atoms with van der Waals surface area (Å²) in [6.07, 6.45) is 1.23. The predicted octanol–water partition coefficient (Wildman–Crippen LogP) is 2.44. The molecule has 0 bridgehead atoms. The van der Waals surface area contributed by atoms with Crippen molar-refractivity contribution in [1.29, 1.82) is 0 Å². The lowest BCUT2D eigenvalue weighted by atomic mass is 10.1. The van der Waals surface area contributed by atoms with Crippen LogP contribution in [0.3, 0.4) is 0 Å². The first-order valence-corrected chi connectivity index (χ1v) is 6.70. The smallest absolute Gasteiger partial charge is 0.118 e. The molecule has 0 spiro atoms. The molecule has 0 radical (unpaired) electrons. The lowest BCUT2D eigenvalue weighted by Gasteiger charge is -2.20. The molecule has 0 amide bonds. The van der Waals surface area contributed by atoms with Crippen molar-refractivity contribution in [2.75, 3.05) is 20.7 Å². The maximum atomic E-state index is 5.18. The van der Waals surface area contributed by atoms with Crippen LogP contribution >= 0.6 is 0 Å². The van der Waals surface area contributed by atoms with Crippen LogP contribution in [-0.2, 0) is 0 Å². The number of benzene rings is 1. The number of likely N-dealkylation sites (N-methyl/N-ethyl adjacent to an activating group) is 1. The summed E-state index contributed by atoms with van der Waals surface area (Å²) < 4.78 is 5.18. The zero-order valence-corrected chi connectivity index (χ0v) is 11.8. The molecule has 1 aromatic rings. The van der Waals surface area contributed by atoms with E-state index >= 15 is 0 Å². The molecule has 2 unspecified atom stereocenters. The van der Waals surface area contributed by atoms with Crippen molar-refractivity contribution in [3.05, 3.63) is 29.8 Å². The van der Waals surface area contributed by atoms with E-state index in [2.05, 4.69) is 43.2 Å². The Balaban J connectivity index is 1.93. The summed E-state index contributed by atoms with van der Waals surface area (Å²) in [6.45, 7) is 5.66. The molecule has 3 heteroatoms. The summed E-state index contributed by atoms with van der Waals surface area (Å²) in [6, 6.07) is 10.00. The quantitative estimate of drug-likeness (QED) is 0.885. The summed E-state index contributed by atoms with van der Waals surface area (Å²) in [5, 5.41) is 3.71. The molecule has 1 aliphatic rings. The minimum Gasteiger partial charge on any atom is -0.497 e. The highest BCUT2D eigenvalue weighted by molar-refractivity contribution is 5.28. The number of nitrogens with zero attached hydrogens (tertiary/aromatic N) is 1. The number of likely N-dealkylation sites (tertiary alicyclic amines) is 1. The molecule has 1 saturated heterocycles. The van der Waals surface area contributed by atoms with Crippen LogP contribution in [0.4, 0.5) is 0 Å². The predicted molar refractivity (Wildman–Crippen MR) is 75.0 cm³/mol. The van der Waals surface area contributed by atoms with Gasteiger partial charge in [0.1, 0.15) is 5.75 Å². The van der Waals surface area contributed by atoms with Crippen molar-refractivity contribution in [3.8, 4) is 5.75 Å². The minimum absolute atomic E-state index is 0.389. The molecule has 1 aliphatic heterocycles. The van der Waals surface area contributed by atoms with E-state index in [0.29, 0.717) is 18.1 Å². The van der Waals surface area contributed by atoms with Gasteiger partial charge in [0.05, 0.1) is 7.11 Å². The third kappa shape index (κ3) is 3.03. The lowest BCUT2D eigenvalue weighted by Crippen LogP contribution is -2.33.